The number of anilines is 1. The highest BCUT2D eigenvalue weighted by molar-refractivity contribution is 7.23. The number of rotatable bonds is 2. The zero-order chi connectivity index (χ0) is 15.8. The van der Waals surface area contributed by atoms with Gasteiger partial charge in [-0.2, -0.15) is 0 Å². The van der Waals surface area contributed by atoms with Crippen molar-refractivity contribution in [1.29, 1.82) is 0 Å². The molecule has 0 aliphatic carbocycles. The number of nitrogen functional groups attached to an aromatic ring is 1. The molecule has 0 amide bonds. The van der Waals surface area contributed by atoms with Crippen LogP contribution in [0.4, 0.5) is 5.69 Å². The summed E-state index contributed by atoms with van der Waals surface area (Å²) in [6.07, 6.45) is 0. The molecule has 1 heterocycles. The number of para-hydroxylation sites is 1. The minimum absolute atomic E-state index is 0.759. The molecule has 4 rings (SSSR count). The Morgan fingerprint density at radius 3 is 2.17 bits per heavy atom. The van der Waals surface area contributed by atoms with Gasteiger partial charge in [0.15, 0.2) is 0 Å². The van der Waals surface area contributed by atoms with Gasteiger partial charge < -0.3 is 5.73 Å². The van der Waals surface area contributed by atoms with Crippen molar-refractivity contribution in [2.45, 2.75) is 0 Å². The molecule has 0 aliphatic heterocycles. The van der Waals surface area contributed by atoms with E-state index in [1.54, 1.807) is 11.3 Å². The first kappa shape index (κ1) is 14.3. The topological polar surface area (TPSA) is 26.0 Å². The standard InChI is InChI=1S/C20H14ClNS/c21-16-10-4-1-7-13(16)20-19(14-8-2-5-11-17(14)22)15-9-3-6-12-18(15)23-20/h1-12H,22H2. The first-order valence-corrected chi connectivity index (χ1v) is 8.56. The van der Waals surface area contributed by atoms with Crippen LogP contribution < -0.4 is 5.73 Å². The highest BCUT2D eigenvalue weighted by Gasteiger charge is 2.18. The van der Waals surface area contributed by atoms with Crippen LogP contribution in [0.25, 0.3) is 31.7 Å². The van der Waals surface area contributed by atoms with Crippen molar-refractivity contribution >= 4 is 38.7 Å². The van der Waals surface area contributed by atoms with Crippen LogP contribution in [-0.4, -0.2) is 0 Å². The van der Waals surface area contributed by atoms with Gasteiger partial charge in [-0.25, -0.2) is 0 Å². The lowest BCUT2D eigenvalue weighted by atomic mass is 9.97. The Kier molecular flexibility index (Phi) is 3.56. The van der Waals surface area contributed by atoms with Crippen molar-refractivity contribution in [2.24, 2.45) is 0 Å². The molecule has 23 heavy (non-hydrogen) atoms. The van der Waals surface area contributed by atoms with Crippen molar-refractivity contribution in [3.63, 3.8) is 0 Å². The van der Waals surface area contributed by atoms with Gasteiger partial charge in [-0.1, -0.05) is 66.2 Å². The fourth-order valence-corrected chi connectivity index (χ4v) is 4.42. The predicted octanol–water partition coefficient (Wildman–Crippen LogP) is 6.47. The lowest BCUT2D eigenvalue weighted by Crippen LogP contribution is -1.90. The van der Waals surface area contributed by atoms with E-state index in [2.05, 4.69) is 36.4 Å². The molecule has 1 aromatic heterocycles. The van der Waals surface area contributed by atoms with Crippen LogP contribution in [0.15, 0.2) is 72.8 Å². The minimum Gasteiger partial charge on any atom is -0.398 e. The van der Waals surface area contributed by atoms with Gasteiger partial charge in [0.1, 0.15) is 0 Å². The first-order valence-electron chi connectivity index (χ1n) is 7.37. The van der Waals surface area contributed by atoms with Gasteiger partial charge in [-0.15, -0.1) is 11.3 Å². The highest BCUT2D eigenvalue weighted by atomic mass is 35.5. The van der Waals surface area contributed by atoms with Crippen molar-refractivity contribution in [3.05, 3.63) is 77.8 Å². The normalized spacial score (nSPS) is 11.0. The number of hydrogen-bond acceptors (Lipinski definition) is 2. The van der Waals surface area contributed by atoms with E-state index in [1.165, 1.54) is 10.1 Å². The maximum absolute atomic E-state index is 6.46. The predicted molar refractivity (Wildman–Crippen MR) is 102 cm³/mol. The lowest BCUT2D eigenvalue weighted by Gasteiger charge is -2.09. The fourth-order valence-electron chi connectivity index (χ4n) is 2.87. The third-order valence-corrected chi connectivity index (χ3v) is 5.48. The lowest BCUT2D eigenvalue weighted by molar-refractivity contribution is 1.65. The van der Waals surface area contributed by atoms with E-state index in [-0.39, 0.29) is 0 Å². The van der Waals surface area contributed by atoms with Gasteiger partial charge in [0.25, 0.3) is 0 Å². The third kappa shape index (κ3) is 2.40. The molecule has 0 spiro atoms. The Labute approximate surface area is 144 Å². The second kappa shape index (κ2) is 5.73. The third-order valence-electron chi connectivity index (χ3n) is 3.94. The van der Waals surface area contributed by atoms with Crippen molar-refractivity contribution in [1.82, 2.24) is 0 Å². The van der Waals surface area contributed by atoms with Crippen molar-refractivity contribution < 1.29 is 0 Å². The van der Waals surface area contributed by atoms with E-state index in [0.717, 1.165) is 32.3 Å². The maximum Gasteiger partial charge on any atom is 0.0492 e. The second-order valence-corrected chi connectivity index (χ2v) is 6.83. The Hall–Kier alpha value is -2.29. The average molecular weight is 336 g/mol. The summed E-state index contributed by atoms with van der Waals surface area (Å²) >= 11 is 8.22. The van der Waals surface area contributed by atoms with Gasteiger partial charge in [0.05, 0.1) is 0 Å². The number of halogens is 1. The molecule has 1 nitrogen and oxygen atoms in total. The van der Waals surface area contributed by atoms with Crippen LogP contribution in [0.3, 0.4) is 0 Å². The molecule has 0 aliphatic rings. The summed E-state index contributed by atoms with van der Waals surface area (Å²) < 4.78 is 1.24. The molecule has 4 aromatic rings. The van der Waals surface area contributed by atoms with E-state index < -0.39 is 0 Å². The average Bonchev–Trinajstić information content (AvgIpc) is 2.95. The number of hydrogen-bond donors (Lipinski definition) is 1. The molecular formula is C20H14ClNS. The largest absolute Gasteiger partial charge is 0.398 e. The summed E-state index contributed by atoms with van der Waals surface area (Å²) in [6, 6.07) is 24.4. The summed E-state index contributed by atoms with van der Waals surface area (Å²) in [6.45, 7) is 0. The molecule has 112 valence electrons. The molecule has 0 saturated heterocycles. The summed E-state index contributed by atoms with van der Waals surface area (Å²) in [4.78, 5) is 1.16. The summed E-state index contributed by atoms with van der Waals surface area (Å²) in [5.74, 6) is 0. The summed E-state index contributed by atoms with van der Waals surface area (Å²) in [5.41, 5.74) is 10.3. The number of benzene rings is 3. The van der Waals surface area contributed by atoms with Crippen molar-refractivity contribution in [2.75, 3.05) is 5.73 Å². The monoisotopic (exact) mass is 335 g/mol. The van der Waals surface area contributed by atoms with Crippen molar-refractivity contribution in [3.8, 4) is 21.6 Å². The molecule has 0 saturated carbocycles. The Morgan fingerprint density at radius 1 is 0.739 bits per heavy atom. The SMILES string of the molecule is Nc1ccccc1-c1c(-c2ccccc2Cl)sc2ccccc12. The molecule has 3 aromatic carbocycles. The van der Waals surface area contributed by atoms with Crippen LogP contribution in [-0.2, 0) is 0 Å². The fraction of sp³-hybridized carbons (Fsp3) is 0. The Balaban J connectivity index is 2.12. The Morgan fingerprint density at radius 2 is 1.39 bits per heavy atom. The van der Waals surface area contributed by atoms with Gasteiger partial charge in [0.2, 0.25) is 0 Å². The Bertz CT molecular complexity index is 1000. The zero-order valence-electron chi connectivity index (χ0n) is 12.3. The molecule has 0 fully saturated rings. The quantitative estimate of drug-likeness (QED) is 0.417. The van der Waals surface area contributed by atoms with E-state index in [9.17, 15) is 0 Å². The van der Waals surface area contributed by atoms with Gasteiger partial charge in [0, 0.05) is 42.4 Å². The van der Waals surface area contributed by atoms with Crippen LogP contribution in [0.2, 0.25) is 5.02 Å². The summed E-state index contributed by atoms with van der Waals surface area (Å²) in [7, 11) is 0. The van der Waals surface area contributed by atoms with Gasteiger partial charge in [-0.3, -0.25) is 0 Å². The van der Waals surface area contributed by atoms with Gasteiger partial charge >= 0.3 is 0 Å². The van der Waals surface area contributed by atoms with E-state index in [1.807, 2.05) is 36.4 Å². The molecular weight excluding hydrogens is 322 g/mol. The van der Waals surface area contributed by atoms with E-state index in [4.69, 9.17) is 17.3 Å². The molecule has 3 heteroatoms. The van der Waals surface area contributed by atoms with Crippen LogP contribution in [0.5, 0.6) is 0 Å². The summed E-state index contributed by atoms with van der Waals surface area (Å²) in [5, 5.41) is 1.97. The van der Waals surface area contributed by atoms with Crippen LogP contribution in [0, 0.1) is 0 Å². The zero-order valence-corrected chi connectivity index (χ0v) is 13.9. The number of nitrogens with two attached hydrogens (primary N) is 1. The van der Waals surface area contributed by atoms with Crippen LogP contribution in [0.1, 0.15) is 0 Å². The molecule has 0 unspecified atom stereocenters. The van der Waals surface area contributed by atoms with Gasteiger partial charge in [-0.05, 0) is 18.2 Å². The minimum atomic E-state index is 0.759. The number of fused-ring (bicyclic) bond motifs is 1. The maximum atomic E-state index is 6.46. The smallest absolute Gasteiger partial charge is 0.0492 e. The molecule has 2 N–H and O–H groups in total. The molecule has 0 bridgehead atoms. The van der Waals surface area contributed by atoms with Crippen LogP contribution >= 0.6 is 22.9 Å². The van der Waals surface area contributed by atoms with E-state index >= 15 is 0 Å². The second-order valence-electron chi connectivity index (χ2n) is 5.37. The molecule has 0 radical (unpaired) electrons. The van der Waals surface area contributed by atoms with E-state index in [0.29, 0.717) is 0 Å². The molecule has 0 atom stereocenters. The number of thiophene rings is 1. The highest BCUT2D eigenvalue weighted by Crippen LogP contribution is 2.47. The first-order chi connectivity index (χ1) is 11.3.